The zero-order chi connectivity index (χ0) is 13.2. The number of ether oxygens (including phenoxy) is 2. The molecule has 4 nitrogen and oxygen atoms in total. The Balaban J connectivity index is 1.69. The monoisotopic (exact) mass is 370 g/mol. The van der Waals surface area contributed by atoms with E-state index < -0.39 is 0 Å². The van der Waals surface area contributed by atoms with E-state index in [-0.39, 0.29) is 5.92 Å². The van der Waals surface area contributed by atoms with Crippen molar-refractivity contribution in [3.8, 4) is 5.75 Å². The highest BCUT2D eigenvalue weighted by Crippen LogP contribution is 2.27. The molecule has 1 aliphatic rings. The summed E-state index contributed by atoms with van der Waals surface area (Å²) in [6.07, 6.45) is 1.93. The Morgan fingerprint density at radius 2 is 2.21 bits per heavy atom. The highest BCUT2D eigenvalue weighted by molar-refractivity contribution is 14.1. The minimum Gasteiger partial charge on any atom is -0.493 e. The molecule has 0 amide bonds. The topological polar surface area (TPSA) is 36.3 Å². The van der Waals surface area contributed by atoms with Gasteiger partial charge in [0.25, 0.3) is 0 Å². The van der Waals surface area contributed by atoms with E-state index in [9.17, 15) is 0 Å². The van der Waals surface area contributed by atoms with Crippen molar-refractivity contribution in [2.24, 2.45) is 7.05 Å². The van der Waals surface area contributed by atoms with Crippen molar-refractivity contribution in [2.75, 3.05) is 13.2 Å². The van der Waals surface area contributed by atoms with Crippen molar-refractivity contribution >= 4 is 22.6 Å². The number of benzene rings is 1. The molecule has 1 unspecified atom stereocenters. The molecule has 1 aromatic carbocycles. The lowest BCUT2D eigenvalue weighted by molar-refractivity contribution is 0.0718. The maximum absolute atomic E-state index is 5.85. The van der Waals surface area contributed by atoms with Crippen LogP contribution in [-0.4, -0.2) is 23.0 Å². The van der Waals surface area contributed by atoms with Gasteiger partial charge < -0.3 is 9.47 Å². The molecule has 3 rings (SSSR count). The van der Waals surface area contributed by atoms with E-state index in [0.29, 0.717) is 19.8 Å². The largest absolute Gasteiger partial charge is 0.493 e. The van der Waals surface area contributed by atoms with Gasteiger partial charge in [-0.15, -0.1) is 0 Å². The lowest BCUT2D eigenvalue weighted by Crippen LogP contribution is -2.22. The van der Waals surface area contributed by atoms with Gasteiger partial charge in [0, 0.05) is 22.1 Å². The molecule has 0 bridgehead atoms. The minimum atomic E-state index is 0.261. The maximum Gasteiger partial charge on any atom is 0.119 e. The van der Waals surface area contributed by atoms with E-state index in [1.807, 2.05) is 42.2 Å². The fourth-order valence-electron chi connectivity index (χ4n) is 2.25. The summed E-state index contributed by atoms with van der Waals surface area (Å²) >= 11 is 2.28. The van der Waals surface area contributed by atoms with Crippen molar-refractivity contribution in [1.82, 2.24) is 9.78 Å². The van der Waals surface area contributed by atoms with Crippen molar-refractivity contribution in [3.05, 3.63) is 45.3 Å². The molecule has 1 atom stereocenters. The number of aryl methyl sites for hydroxylation is 1. The minimum absolute atomic E-state index is 0.261. The highest BCUT2D eigenvalue weighted by atomic mass is 127. The Kier molecular flexibility index (Phi) is 3.74. The van der Waals surface area contributed by atoms with Crippen LogP contribution in [0.3, 0.4) is 0 Å². The Bertz CT molecular complexity index is 565. The predicted molar refractivity (Wildman–Crippen MR) is 80.3 cm³/mol. The van der Waals surface area contributed by atoms with E-state index in [2.05, 4.69) is 27.7 Å². The molecule has 2 heterocycles. The van der Waals surface area contributed by atoms with Gasteiger partial charge in [0.15, 0.2) is 0 Å². The van der Waals surface area contributed by atoms with Gasteiger partial charge in [0.1, 0.15) is 5.75 Å². The smallest absolute Gasteiger partial charge is 0.119 e. The van der Waals surface area contributed by atoms with E-state index in [1.165, 1.54) is 9.13 Å². The quantitative estimate of drug-likeness (QED) is 0.780. The highest BCUT2D eigenvalue weighted by Gasteiger charge is 2.24. The van der Waals surface area contributed by atoms with Crippen LogP contribution in [0.5, 0.6) is 5.75 Å². The summed E-state index contributed by atoms with van der Waals surface area (Å²) in [5.74, 6) is 1.16. The van der Waals surface area contributed by atoms with Gasteiger partial charge in [-0.1, -0.05) is 0 Å². The van der Waals surface area contributed by atoms with Crippen LogP contribution >= 0.6 is 22.6 Å². The lowest BCUT2D eigenvalue weighted by Gasteiger charge is -2.23. The van der Waals surface area contributed by atoms with Crippen molar-refractivity contribution in [1.29, 1.82) is 0 Å². The molecule has 1 aliphatic heterocycles. The third-order valence-corrected chi connectivity index (χ3v) is 4.08. The van der Waals surface area contributed by atoms with Gasteiger partial charge in [0.05, 0.1) is 31.7 Å². The second-order valence-electron chi connectivity index (χ2n) is 4.65. The number of fused-ring (bicyclic) bond motifs is 1. The third kappa shape index (κ3) is 2.76. The molecule has 5 heteroatoms. The molecule has 2 aromatic rings. The van der Waals surface area contributed by atoms with Crippen LogP contribution in [0.4, 0.5) is 0 Å². The molecule has 100 valence electrons. The van der Waals surface area contributed by atoms with Gasteiger partial charge >= 0.3 is 0 Å². The number of aromatic nitrogens is 2. The second kappa shape index (κ2) is 5.50. The van der Waals surface area contributed by atoms with Gasteiger partial charge in [-0.2, -0.15) is 5.10 Å². The summed E-state index contributed by atoms with van der Waals surface area (Å²) in [5.41, 5.74) is 2.40. The standard InChI is InChI=1S/C14H15IN2O2/c1-17-14-9-18-7-10(13(14)6-16-17)8-19-12-4-2-11(15)3-5-12/h2-6,10H,7-9H2,1H3. The van der Waals surface area contributed by atoms with Gasteiger partial charge in [-0.25, -0.2) is 0 Å². The SMILES string of the molecule is Cn1ncc2c1COCC2COc1ccc(I)cc1. The number of halogens is 1. The molecule has 0 saturated heterocycles. The molecule has 19 heavy (non-hydrogen) atoms. The zero-order valence-electron chi connectivity index (χ0n) is 10.7. The summed E-state index contributed by atoms with van der Waals surface area (Å²) in [6.45, 7) is 1.97. The molecular formula is C14H15IN2O2. The first kappa shape index (κ1) is 12.9. The molecule has 0 radical (unpaired) electrons. The number of hydrogen-bond acceptors (Lipinski definition) is 3. The summed E-state index contributed by atoms with van der Waals surface area (Å²) < 4.78 is 14.5. The Morgan fingerprint density at radius 1 is 1.42 bits per heavy atom. The van der Waals surface area contributed by atoms with Crippen LogP contribution in [0, 0.1) is 3.57 Å². The van der Waals surface area contributed by atoms with Gasteiger partial charge in [-0.3, -0.25) is 4.68 Å². The molecule has 0 N–H and O–H groups in total. The average molecular weight is 370 g/mol. The number of hydrogen-bond donors (Lipinski definition) is 0. The van der Waals surface area contributed by atoms with Crippen LogP contribution < -0.4 is 4.74 Å². The Hall–Kier alpha value is -1.08. The third-order valence-electron chi connectivity index (χ3n) is 3.36. The van der Waals surface area contributed by atoms with Crippen LogP contribution in [0.1, 0.15) is 17.2 Å². The normalized spacial score (nSPS) is 18.1. The second-order valence-corrected chi connectivity index (χ2v) is 5.89. The summed E-state index contributed by atoms with van der Waals surface area (Å²) in [7, 11) is 1.95. The first-order valence-corrected chi connectivity index (χ1v) is 7.29. The Morgan fingerprint density at radius 3 is 3.00 bits per heavy atom. The van der Waals surface area contributed by atoms with Gasteiger partial charge in [0.2, 0.25) is 0 Å². The van der Waals surface area contributed by atoms with E-state index in [0.717, 1.165) is 11.4 Å². The van der Waals surface area contributed by atoms with Crippen LogP contribution in [0.15, 0.2) is 30.5 Å². The summed E-state index contributed by atoms with van der Waals surface area (Å²) in [6, 6.07) is 8.08. The molecule has 1 aromatic heterocycles. The first-order valence-electron chi connectivity index (χ1n) is 6.21. The fraction of sp³-hybridized carbons (Fsp3) is 0.357. The summed E-state index contributed by atoms with van der Waals surface area (Å²) in [4.78, 5) is 0. The molecule has 0 saturated carbocycles. The molecule has 0 fully saturated rings. The first-order chi connectivity index (χ1) is 9.24. The van der Waals surface area contributed by atoms with Crippen LogP contribution in [0.2, 0.25) is 0 Å². The zero-order valence-corrected chi connectivity index (χ0v) is 12.8. The molecular weight excluding hydrogens is 355 g/mol. The van der Waals surface area contributed by atoms with Gasteiger partial charge in [-0.05, 0) is 46.9 Å². The van der Waals surface area contributed by atoms with Crippen molar-refractivity contribution in [2.45, 2.75) is 12.5 Å². The number of nitrogens with zero attached hydrogens (tertiary/aromatic N) is 2. The fourth-order valence-corrected chi connectivity index (χ4v) is 2.61. The molecule has 0 spiro atoms. The Labute approximate surface area is 125 Å². The predicted octanol–water partition coefficient (Wildman–Crippen LogP) is 2.72. The van der Waals surface area contributed by atoms with Crippen LogP contribution in [-0.2, 0) is 18.4 Å². The summed E-state index contributed by atoms with van der Waals surface area (Å²) in [5, 5.41) is 4.30. The average Bonchev–Trinajstić information content (AvgIpc) is 2.81. The number of rotatable bonds is 3. The van der Waals surface area contributed by atoms with E-state index >= 15 is 0 Å². The van der Waals surface area contributed by atoms with Crippen LogP contribution in [0.25, 0.3) is 0 Å². The van der Waals surface area contributed by atoms with E-state index in [4.69, 9.17) is 9.47 Å². The van der Waals surface area contributed by atoms with Crippen molar-refractivity contribution < 1.29 is 9.47 Å². The molecule has 0 aliphatic carbocycles. The van der Waals surface area contributed by atoms with E-state index in [1.54, 1.807) is 0 Å². The maximum atomic E-state index is 5.85. The van der Waals surface area contributed by atoms with Crippen molar-refractivity contribution in [3.63, 3.8) is 0 Å². The lowest BCUT2D eigenvalue weighted by atomic mass is 10.00.